The van der Waals surface area contributed by atoms with Crippen molar-refractivity contribution in [2.24, 2.45) is 0 Å². The Bertz CT molecular complexity index is 1140. The Kier molecular flexibility index (Phi) is 6.14. The van der Waals surface area contributed by atoms with E-state index >= 15 is 0 Å². The number of hydrogen-bond acceptors (Lipinski definition) is 6. The molecule has 2 amide bonds. The first-order chi connectivity index (χ1) is 14.7. The monoisotopic (exact) mass is 504 g/mol. The Morgan fingerprint density at radius 1 is 1.29 bits per heavy atom. The third-order valence-electron chi connectivity index (χ3n) is 5.75. The summed E-state index contributed by atoms with van der Waals surface area (Å²) < 4.78 is 2.54. The van der Waals surface area contributed by atoms with Crippen molar-refractivity contribution >= 4 is 49.6 Å². The van der Waals surface area contributed by atoms with Crippen molar-refractivity contribution in [1.29, 1.82) is 0 Å². The number of anilines is 1. The number of hydrogen-bond donors (Lipinski definition) is 2. The van der Waals surface area contributed by atoms with Gasteiger partial charge in [-0.05, 0) is 62.2 Å². The molecule has 0 unspecified atom stereocenters. The summed E-state index contributed by atoms with van der Waals surface area (Å²) in [6.45, 7) is 8.72. The van der Waals surface area contributed by atoms with Crippen LogP contribution in [0.4, 0.5) is 5.69 Å². The molecule has 1 aliphatic heterocycles. The van der Waals surface area contributed by atoms with Gasteiger partial charge >= 0.3 is 0 Å². The second-order valence-electron chi connectivity index (χ2n) is 8.31. The molecule has 3 aromatic heterocycles. The van der Waals surface area contributed by atoms with Crippen LogP contribution in [0.1, 0.15) is 53.1 Å². The van der Waals surface area contributed by atoms with Gasteiger partial charge in [0.15, 0.2) is 0 Å². The highest BCUT2D eigenvalue weighted by molar-refractivity contribution is 9.11. The fraction of sp³-hybridized carbons (Fsp3) is 0.429. The maximum Gasteiger partial charge on any atom is 0.260 e. The molecule has 164 valence electrons. The van der Waals surface area contributed by atoms with Gasteiger partial charge in [0.25, 0.3) is 11.8 Å². The van der Waals surface area contributed by atoms with E-state index in [-0.39, 0.29) is 17.4 Å². The maximum absolute atomic E-state index is 12.8. The van der Waals surface area contributed by atoms with Crippen LogP contribution in [0.5, 0.6) is 0 Å². The van der Waals surface area contributed by atoms with Crippen LogP contribution in [0, 0.1) is 6.92 Å². The molecule has 8 nitrogen and oxygen atoms in total. The summed E-state index contributed by atoms with van der Waals surface area (Å²) in [6.07, 6.45) is 7.25. The lowest BCUT2D eigenvalue weighted by Gasteiger charge is -2.31. The lowest BCUT2D eigenvalue weighted by atomic mass is 10.0. The van der Waals surface area contributed by atoms with E-state index in [1.165, 1.54) is 36.6 Å². The van der Waals surface area contributed by atoms with Gasteiger partial charge in [-0.3, -0.25) is 19.5 Å². The van der Waals surface area contributed by atoms with Gasteiger partial charge in [-0.2, -0.15) is 5.10 Å². The number of likely N-dealkylation sites (tertiary alicyclic amines) is 1. The standard InChI is InChI=1S/C21H25BrN6O2S/c1-13-16(26-19(30)15-11-25-28-12-17(22)31-20(15)28)9-14(10-24-13)18(29)23-6-8-27-7-4-5-21(27,2)3/h9-12H,4-8H2,1-3H3,(H,23,29)(H,26,30). The highest BCUT2D eigenvalue weighted by Crippen LogP contribution is 2.28. The topological polar surface area (TPSA) is 91.6 Å². The second-order valence-corrected chi connectivity index (χ2v) is 10.7. The summed E-state index contributed by atoms with van der Waals surface area (Å²) in [5, 5.41) is 10.0. The first-order valence-electron chi connectivity index (χ1n) is 10.2. The van der Waals surface area contributed by atoms with Gasteiger partial charge < -0.3 is 10.6 Å². The molecular weight excluding hydrogens is 480 g/mol. The lowest BCUT2D eigenvalue weighted by molar-refractivity contribution is 0.0938. The zero-order valence-corrected chi connectivity index (χ0v) is 20.1. The summed E-state index contributed by atoms with van der Waals surface area (Å²) in [5.74, 6) is -0.488. The zero-order chi connectivity index (χ0) is 22.2. The predicted octanol–water partition coefficient (Wildman–Crippen LogP) is 3.72. The van der Waals surface area contributed by atoms with Crippen LogP contribution < -0.4 is 10.6 Å². The second kappa shape index (κ2) is 8.68. The third kappa shape index (κ3) is 4.65. The zero-order valence-electron chi connectivity index (χ0n) is 17.7. The number of rotatable bonds is 6. The molecule has 2 N–H and O–H groups in total. The number of nitrogens with zero attached hydrogens (tertiary/aromatic N) is 4. The molecule has 31 heavy (non-hydrogen) atoms. The van der Waals surface area contributed by atoms with Gasteiger partial charge in [-0.1, -0.05) is 0 Å². The Morgan fingerprint density at radius 2 is 2.10 bits per heavy atom. The Morgan fingerprint density at radius 3 is 2.84 bits per heavy atom. The molecule has 4 heterocycles. The van der Waals surface area contributed by atoms with Gasteiger partial charge in [-0.25, -0.2) is 4.52 Å². The summed E-state index contributed by atoms with van der Waals surface area (Å²) in [4.78, 5) is 32.9. The fourth-order valence-corrected chi connectivity index (χ4v) is 5.31. The molecule has 1 saturated heterocycles. The first-order valence-corrected chi connectivity index (χ1v) is 11.8. The third-order valence-corrected chi connectivity index (χ3v) is 7.34. The minimum absolute atomic E-state index is 0.186. The van der Waals surface area contributed by atoms with Crippen molar-refractivity contribution in [3.05, 3.63) is 45.3 Å². The van der Waals surface area contributed by atoms with Crippen molar-refractivity contribution in [3.8, 4) is 0 Å². The number of amides is 2. The maximum atomic E-state index is 12.8. The highest BCUT2D eigenvalue weighted by atomic mass is 79.9. The van der Waals surface area contributed by atoms with Crippen molar-refractivity contribution < 1.29 is 9.59 Å². The van der Waals surface area contributed by atoms with Gasteiger partial charge in [0, 0.05) is 24.8 Å². The van der Waals surface area contributed by atoms with Crippen LogP contribution in [0.15, 0.2) is 28.4 Å². The molecule has 4 rings (SSSR count). The number of carbonyl (C=O) groups excluding carboxylic acids is 2. The minimum atomic E-state index is -0.289. The number of fused-ring (bicyclic) bond motifs is 1. The Hall–Kier alpha value is -2.30. The van der Waals surface area contributed by atoms with E-state index in [2.05, 4.69) is 55.4 Å². The van der Waals surface area contributed by atoms with E-state index in [0.717, 1.165) is 21.7 Å². The molecule has 0 atom stereocenters. The summed E-state index contributed by atoms with van der Waals surface area (Å²) in [6, 6.07) is 1.67. The van der Waals surface area contributed by atoms with Crippen LogP contribution in [0.25, 0.3) is 4.83 Å². The molecule has 0 aliphatic carbocycles. The van der Waals surface area contributed by atoms with Crippen molar-refractivity contribution in [3.63, 3.8) is 0 Å². The number of thiazole rings is 1. The molecule has 0 spiro atoms. The number of carbonyl (C=O) groups is 2. The minimum Gasteiger partial charge on any atom is -0.351 e. The number of aromatic nitrogens is 3. The van der Waals surface area contributed by atoms with Gasteiger partial charge in [0.05, 0.1) is 38.7 Å². The summed E-state index contributed by atoms with van der Waals surface area (Å²) >= 11 is 4.84. The average molecular weight is 505 g/mol. The average Bonchev–Trinajstić information content (AvgIpc) is 3.36. The van der Waals surface area contributed by atoms with Gasteiger partial charge in [0.1, 0.15) is 4.83 Å². The number of halogens is 1. The first kappa shape index (κ1) is 21.9. The van der Waals surface area contributed by atoms with Crippen molar-refractivity contribution in [1.82, 2.24) is 24.8 Å². The molecule has 10 heteroatoms. The van der Waals surface area contributed by atoms with Crippen LogP contribution in [-0.2, 0) is 0 Å². The predicted molar refractivity (Wildman–Crippen MR) is 125 cm³/mol. The van der Waals surface area contributed by atoms with E-state index in [0.29, 0.717) is 29.1 Å². The van der Waals surface area contributed by atoms with E-state index in [9.17, 15) is 9.59 Å². The molecule has 0 bridgehead atoms. The van der Waals surface area contributed by atoms with Gasteiger partial charge in [0.2, 0.25) is 0 Å². The molecule has 1 fully saturated rings. The van der Waals surface area contributed by atoms with E-state index < -0.39 is 0 Å². The number of aryl methyl sites for hydroxylation is 1. The van der Waals surface area contributed by atoms with E-state index in [1.54, 1.807) is 23.7 Å². The van der Waals surface area contributed by atoms with Gasteiger partial charge in [-0.15, -0.1) is 11.3 Å². The highest BCUT2D eigenvalue weighted by Gasteiger charge is 2.31. The molecule has 0 radical (unpaired) electrons. The van der Waals surface area contributed by atoms with Crippen LogP contribution in [0.2, 0.25) is 0 Å². The van der Waals surface area contributed by atoms with Crippen molar-refractivity contribution in [2.75, 3.05) is 25.0 Å². The lowest BCUT2D eigenvalue weighted by Crippen LogP contribution is -2.43. The SMILES string of the molecule is Cc1ncc(C(=O)NCCN2CCCC2(C)C)cc1NC(=O)c1cnn2cc(Br)sc12. The summed E-state index contributed by atoms with van der Waals surface area (Å²) in [7, 11) is 0. The number of pyridine rings is 1. The smallest absolute Gasteiger partial charge is 0.260 e. The molecule has 0 aromatic carbocycles. The molecule has 1 aliphatic rings. The van der Waals surface area contributed by atoms with E-state index in [4.69, 9.17) is 0 Å². The van der Waals surface area contributed by atoms with Crippen LogP contribution in [0.3, 0.4) is 0 Å². The Labute approximate surface area is 193 Å². The fourth-order valence-electron chi connectivity index (χ4n) is 3.87. The quantitative estimate of drug-likeness (QED) is 0.533. The van der Waals surface area contributed by atoms with Crippen LogP contribution in [-0.4, -0.2) is 56.5 Å². The normalized spacial score (nSPS) is 16.0. The number of nitrogens with one attached hydrogen (secondary N) is 2. The molecular formula is C21H25BrN6O2S. The Balaban J connectivity index is 1.41. The molecule has 0 saturated carbocycles. The van der Waals surface area contributed by atoms with Crippen LogP contribution >= 0.6 is 27.3 Å². The largest absolute Gasteiger partial charge is 0.351 e. The molecule has 3 aromatic rings. The van der Waals surface area contributed by atoms with E-state index in [1.807, 2.05) is 0 Å². The summed E-state index contributed by atoms with van der Waals surface area (Å²) in [5.41, 5.74) is 2.22. The van der Waals surface area contributed by atoms with Crippen molar-refractivity contribution in [2.45, 2.75) is 39.2 Å².